The molecule has 0 saturated heterocycles. The van der Waals surface area contributed by atoms with E-state index in [1.807, 2.05) is 0 Å². The van der Waals surface area contributed by atoms with Crippen molar-refractivity contribution < 1.29 is 14.2 Å². The van der Waals surface area contributed by atoms with Gasteiger partial charge in [0.2, 0.25) is 0 Å². The maximum Gasteiger partial charge on any atom is 0.0928 e. The molecule has 0 fully saturated rings. The number of ether oxygens (including phenoxy) is 3. The van der Waals surface area contributed by atoms with E-state index < -0.39 is 0 Å². The van der Waals surface area contributed by atoms with Crippen molar-refractivity contribution in [2.75, 3.05) is 47.1 Å². The summed E-state index contributed by atoms with van der Waals surface area (Å²) < 4.78 is 15.7. The molecule has 0 aliphatic carbocycles. The van der Waals surface area contributed by atoms with Crippen LogP contribution >= 0.6 is 0 Å². The summed E-state index contributed by atoms with van der Waals surface area (Å²) in [7, 11) is 3.37. The number of methoxy groups -OCH3 is 2. The first kappa shape index (κ1) is 14.8. The van der Waals surface area contributed by atoms with Crippen LogP contribution in [-0.2, 0) is 14.2 Å². The van der Waals surface area contributed by atoms with Crippen LogP contribution in [0.1, 0.15) is 13.8 Å². The van der Waals surface area contributed by atoms with E-state index in [2.05, 4.69) is 19.2 Å². The molecular weight excluding hydrogens is 194 g/mol. The van der Waals surface area contributed by atoms with E-state index in [4.69, 9.17) is 14.2 Å². The Kier molecular flexibility index (Phi) is 10.3. The Morgan fingerprint density at radius 1 is 1.13 bits per heavy atom. The SMILES string of the molecule is COCC(CNCCOCC(C)C)OC. The zero-order valence-electron chi connectivity index (χ0n) is 10.4. The second kappa shape index (κ2) is 10.4. The highest BCUT2D eigenvalue weighted by Crippen LogP contribution is 1.91. The normalized spacial score (nSPS) is 13.4. The minimum Gasteiger partial charge on any atom is -0.382 e. The highest BCUT2D eigenvalue weighted by atomic mass is 16.5. The van der Waals surface area contributed by atoms with Gasteiger partial charge in [-0.15, -0.1) is 0 Å². The van der Waals surface area contributed by atoms with Gasteiger partial charge in [0.25, 0.3) is 0 Å². The third kappa shape index (κ3) is 10.1. The van der Waals surface area contributed by atoms with E-state index in [0.717, 1.165) is 26.3 Å². The van der Waals surface area contributed by atoms with Crippen molar-refractivity contribution in [3.05, 3.63) is 0 Å². The lowest BCUT2D eigenvalue weighted by atomic mass is 10.2. The molecule has 1 N–H and O–H groups in total. The molecular formula is C11H25NO3. The molecule has 4 nitrogen and oxygen atoms in total. The molecule has 0 aromatic carbocycles. The Hall–Kier alpha value is -0.160. The first-order valence-electron chi connectivity index (χ1n) is 5.50. The second-order valence-corrected chi connectivity index (χ2v) is 3.99. The van der Waals surface area contributed by atoms with E-state index in [1.165, 1.54) is 0 Å². The number of hydrogen-bond acceptors (Lipinski definition) is 4. The van der Waals surface area contributed by atoms with Crippen LogP contribution in [0.3, 0.4) is 0 Å². The maximum absolute atomic E-state index is 5.44. The predicted molar refractivity (Wildman–Crippen MR) is 61.2 cm³/mol. The summed E-state index contributed by atoms with van der Waals surface area (Å²) >= 11 is 0. The van der Waals surface area contributed by atoms with Crippen molar-refractivity contribution in [2.24, 2.45) is 5.92 Å². The van der Waals surface area contributed by atoms with Crippen molar-refractivity contribution in [3.63, 3.8) is 0 Å². The van der Waals surface area contributed by atoms with Gasteiger partial charge < -0.3 is 19.5 Å². The standard InChI is InChI=1S/C11H25NO3/c1-10(2)8-15-6-5-12-7-11(14-4)9-13-3/h10-12H,5-9H2,1-4H3. The molecule has 0 aliphatic heterocycles. The highest BCUT2D eigenvalue weighted by molar-refractivity contribution is 4.59. The van der Waals surface area contributed by atoms with Crippen LogP contribution in [0.5, 0.6) is 0 Å². The zero-order valence-corrected chi connectivity index (χ0v) is 10.4. The van der Waals surface area contributed by atoms with Crippen molar-refractivity contribution in [1.29, 1.82) is 0 Å². The summed E-state index contributed by atoms with van der Waals surface area (Å²) in [6.07, 6.45) is 0.125. The molecule has 0 heterocycles. The molecule has 4 heteroatoms. The zero-order chi connectivity index (χ0) is 11.5. The Bertz CT molecular complexity index is 131. The van der Waals surface area contributed by atoms with Gasteiger partial charge in [-0.05, 0) is 5.92 Å². The van der Waals surface area contributed by atoms with E-state index in [0.29, 0.717) is 12.5 Å². The van der Waals surface area contributed by atoms with Gasteiger partial charge in [-0.3, -0.25) is 0 Å². The first-order valence-corrected chi connectivity index (χ1v) is 5.50. The Morgan fingerprint density at radius 2 is 1.87 bits per heavy atom. The summed E-state index contributed by atoms with van der Waals surface area (Å²) in [6, 6.07) is 0. The molecule has 0 radical (unpaired) electrons. The monoisotopic (exact) mass is 219 g/mol. The fourth-order valence-electron chi connectivity index (χ4n) is 1.12. The molecule has 0 saturated carbocycles. The number of hydrogen-bond donors (Lipinski definition) is 1. The molecule has 1 unspecified atom stereocenters. The summed E-state index contributed by atoms with van der Waals surface area (Å²) in [4.78, 5) is 0. The van der Waals surface area contributed by atoms with E-state index in [-0.39, 0.29) is 6.10 Å². The lowest BCUT2D eigenvalue weighted by molar-refractivity contribution is 0.0272. The molecule has 0 rings (SSSR count). The molecule has 92 valence electrons. The van der Waals surface area contributed by atoms with Crippen LogP contribution in [0, 0.1) is 5.92 Å². The van der Waals surface area contributed by atoms with Gasteiger partial charge in [0, 0.05) is 33.9 Å². The van der Waals surface area contributed by atoms with Gasteiger partial charge in [-0.1, -0.05) is 13.8 Å². The van der Waals surface area contributed by atoms with Crippen LogP contribution in [-0.4, -0.2) is 53.2 Å². The topological polar surface area (TPSA) is 39.7 Å². The average molecular weight is 219 g/mol. The Labute approximate surface area is 93.3 Å². The highest BCUT2D eigenvalue weighted by Gasteiger charge is 2.04. The second-order valence-electron chi connectivity index (χ2n) is 3.99. The number of rotatable bonds is 10. The van der Waals surface area contributed by atoms with Crippen LogP contribution < -0.4 is 5.32 Å². The summed E-state index contributed by atoms with van der Waals surface area (Å²) in [5.74, 6) is 0.602. The predicted octanol–water partition coefficient (Wildman–Crippen LogP) is 0.910. The smallest absolute Gasteiger partial charge is 0.0928 e. The van der Waals surface area contributed by atoms with Crippen molar-refractivity contribution in [3.8, 4) is 0 Å². The third-order valence-corrected chi connectivity index (χ3v) is 1.93. The Morgan fingerprint density at radius 3 is 2.40 bits per heavy atom. The Balaban J connectivity index is 3.21. The van der Waals surface area contributed by atoms with Gasteiger partial charge >= 0.3 is 0 Å². The van der Waals surface area contributed by atoms with Crippen LogP contribution in [0.15, 0.2) is 0 Å². The molecule has 0 aromatic rings. The fraction of sp³-hybridized carbons (Fsp3) is 1.00. The van der Waals surface area contributed by atoms with Crippen molar-refractivity contribution in [2.45, 2.75) is 20.0 Å². The molecule has 0 aromatic heterocycles. The van der Waals surface area contributed by atoms with E-state index >= 15 is 0 Å². The van der Waals surface area contributed by atoms with Gasteiger partial charge in [0.15, 0.2) is 0 Å². The van der Waals surface area contributed by atoms with Gasteiger partial charge in [-0.25, -0.2) is 0 Å². The van der Waals surface area contributed by atoms with Gasteiger partial charge in [0.05, 0.1) is 19.3 Å². The summed E-state index contributed by atoms with van der Waals surface area (Å²) in [6.45, 7) is 8.15. The van der Waals surface area contributed by atoms with Crippen LogP contribution in [0.2, 0.25) is 0 Å². The quantitative estimate of drug-likeness (QED) is 0.554. The van der Waals surface area contributed by atoms with E-state index in [9.17, 15) is 0 Å². The van der Waals surface area contributed by atoms with Gasteiger partial charge in [0.1, 0.15) is 0 Å². The maximum atomic E-state index is 5.44. The lowest BCUT2D eigenvalue weighted by Gasteiger charge is -2.15. The molecule has 0 bridgehead atoms. The molecule has 0 aliphatic rings. The van der Waals surface area contributed by atoms with E-state index in [1.54, 1.807) is 14.2 Å². The molecule has 1 atom stereocenters. The largest absolute Gasteiger partial charge is 0.382 e. The third-order valence-electron chi connectivity index (χ3n) is 1.93. The molecule has 0 amide bonds. The average Bonchev–Trinajstić information content (AvgIpc) is 2.21. The van der Waals surface area contributed by atoms with Crippen LogP contribution in [0.25, 0.3) is 0 Å². The minimum absolute atomic E-state index is 0.125. The minimum atomic E-state index is 0.125. The van der Waals surface area contributed by atoms with Crippen molar-refractivity contribution >= 4 is 0 Å². The first-order chi connectivity index (χ1) is 7.20. The molecule has 15 heavy (non-hydrogen) atoms. The fourth-order valence-corrected chi connectivity index (χ4v) is 1.12. The van der Waals surface area contributed by atoms with Crippen molar-refractivity contribution in [1.82, 2.24) is 5.32 Å². The summed E-state index contributed by atoms with van der Waals surface area (Å²) in [5.41, 5.74) is 0. The van der Waals surface area contributed by atoms with Gasteiger partial charge in [-0.2, -0.15) is 0 Å². The lowest BCUT2D eigenvalue weighted by Crippen LogP contribution is -2.33. The number of nitrogens with one attached hydrogen (secondary N) is 1. The van der Waals surface area contributed by atoms with Crippen LogP contribution in [0.4, 0.5) is 0 Å². The summed E-state index contributed by atoms with van der Waals surface area (Å²) in [5, 5.41) is 3.26. The molecule has 0 spiro atoms.